The number of fused-ring (bicyclic) bond motifs is 1. The number of H-pyrrole nitrogens is 1. The summed E-state index contributed by atoms with van der Waals surface area (Å²) in [6.45, 7) is 1.74. The summed E-state index contributed by atoms with van der Waals surface area (Å²) < 4.78 is 2.85. The number of aromatic amines is 1. The van der Waals surface area contributed by atoms with Crippen molar-refractivity contribution in [2.45, 2.75) is 6.92 Å². The molecule has 3 aromatic heterocycles. The molecule has 0 spiro atoms. The summed E-state index contributed by atoms with van der Waals surface area (Å²) in [6, 6.07) is 6.71. The van der Waals surface area contributed by atoms with Gasteiger partial charge in [-0.2, -0.15) is 14.6 Å². The predicted octanol–water partition coefficient (Wildman–Crippen LogP) is 1.70. The molecule has 3 heterocycles. The third-order valence-electron chi connectivity index (χ3n) is 3.34. The molecule has 0 aliphatic heterocycles. The van der Waals surface area contributed by atoms with Crippen molar-refractivity contribution in [3.63, 3.8) is 0 Å². The molecule has 0 aliphatic carbocycles. The van der Waals surface area contributed by atoms with E-state index in [1.54, 1.807) is 36.1 Å². The number of nitrogens with one attached hydrogen (secondary N) is 2. The lowest BCUT2D eigenvalue weighted by atomic mass is 10.2. The molecule has 0 amide bonds. The molecule has 0 saturated heterocycles. The number of anilines is 2. The highest BCUT2D eigenvalue weighted by Crippen LogP contribution is 2.26. The Morgan fingerprint density at radius 2 is 2.12 bits per heavy atom. The summed E-state index contributed by atoms with van der Waals surface area (Å²) in [5.41, 5.74) is 1.75. The van der Waals surface area contributed by atoms with Crippen LogP contribution in [0.25, 0.3) is 11.5 Å². The van der Waals surface area contributed by atoms with Crippen LogP contribution in [0.15, 0.2) is 41.7 Å². The highest BCUT2D eigenvalue weighted by molar-refractivity contribution is 6.31. The van der Waals surface area contributed by atoms with Crippen LogP contribution in [-0.4, -0.2) is 34.3 Å². The van der Waals surface area contributed by atoms with Crippen molar-refractivity contribution < 1.29 is 0 Å². The standard InChI is InChI=1S/C14H11ClN8O/c1-8-4-12(24)23-14(18-8)20-13(21-23)19-10-5-9(15)2-3-11(10)22-7-16-6-17-22/h2-7H,1H3,(H2,18,19,20,21). The molecule has 24 heavy (non-hydrogen) atoms. The van der Waals surface area contributed by atoms with Crippen molar-refractivity contribution in [3.8, 4) is 5.69 Å². The highest BCUT2D eigenvalue weighted by Gasteiger charge is 2.11. The molecule has 0 bridgehead atoms. The van der Waals surface area contributed by atoms with Gasteiger partial charge in [-0.15, -0.1) is 0 Å². The predicted molar refractivity (Wildman–Crippen MR) is 88.0 cm³/mol. The summed E-state index contributed by atoms with van der Waals surface area (Å²) in [5.74, 6) is 0.640. The molecule has 0 unspecified atom stereocenters. The SMILES string of the molecule is Cc1cc(=O)n2[nH]c(Nc3cc(Cl)ccc3-n3cncn3)nc2n1. The molecule has 1 aromatic carbocycles. The summed E-state index contributed by atoms with van der Waals surface area (Å²) in [6.07, 6.45) is 3.01. The molecule has 10 heteroatoms. The second-order valence-corrected chi connectivity index (χ2v) is 5.51. The van der Waals surface area contributed by atoms with Gasteiger partial charge in [-0.1, -0.05) is 11.6 Å². The van der Waals surface area contributed by atoms with Crippen LogP contribution in [-0.2, 0) is 0 Å². The minimum atomic E-state index is -0.236. The van der Waals surface area contributed by atoms with Crippen molar-refractivity contribution in [2.75, 3.05) is 5.32 Å². The minimum Gasteiger partial charge on any atom is -0.323 e. The van der Waals surface area contributed by atoms with Gasteiger partial charge in [0.2, 0.25) is 5.95 Å². The number of aromatic nitrogens is 7. The van der Waals surface area contributed by atoms with Crippen LogP contribution in [0.4, 0.5) is 11.6 Å². The fourth-order valence-electron chi connectivity index (χ4n) is 2.32. The molecule has 120 valence electrons. The monoisotopic (exact) mass is 342 g/mol. The van der Waals surface area contributed by atoms with E-state index in [1.807, 2.05) is 0 Å². The number of hydrogen-bond acceptors (Lipinski definition) is 6. The average Bonchev–Trinajstić information content (AvgIpc) is 3.17. The Morgan fingerprint density at radius 1 is 1.25 bits per heavy atom. The molecule has 9 nitrogen and oxygen atoms in total. The van der Waals surface area contributed by atoms with Gasteiger partial charge in [0, 0.05) is 16.8 Å². The molecular formula is C14H11ClN8O. The van der Waals surface area contributed by atoms with Gasteiger partial charge in [-0.3, -0.25) is 9.89 Å². The molecule has 2 N–H and O–H groups in total. The zero-order valence-electron chi connectivity index (χ0n) is 12.4. The lowest BCUT2D eigenvalue weighted by Gasteiger charge is -2.10. The third-order valence-corrected chi connectivity index (χ3v) is 3.57. The molecule has 4 aromatic rings. The third kappa shape index (κ3) is 2.50. The lowest BCUT2D eigenvalue weighted by Crippen LogP contribution is -2.14. The van der Waals surface area contributed by atoms with Gasteiger partial charge in [0.1, 0.15) is 12.7 Å². The van der Waals surface area contributed by atoms with Gasteiger partial charge in [-0.25, -0.2) is 14.6 Å². The molecule has 0 saturated carbocycles. The first-order valence-electron chi connectivity index (χ1n) is 6.98. The van der Waals surface area contributed by atoms with Crippen LogP contribution in [0, 0.1) is 6.92 Å². The largest absolute Gasteiger partial charge is 0.323 e. The van der Waals surface area contributed by atoms with E-state index in [0.29, 0.717) is 22.4 Å². The first-order valence-corrected chi connectivity index (χ1v) is 7.36. The van der Waals surface area contributed by atoms with Crippen molar-refractivity contribution in [1.82, 2.24) is 34.3 Å². The van der Waals surface area contributed by atoms with E-state index >= 15 is 0 Å². The van der Waals surface area contributed by atoms with Gasteiger partial charge < -0.3 is 5.32 Å². The Labute approximate surface area is 139 Å². The Bertz CT molecular complexity index is 1080. The Kier molecular flexibility index (Phi) is 3.28. The zero-order chi connectivity index (χ0) is 16.7. The number of aryl methyl sites for hydroxylation is 1. The van der Waals surface area contributed by atoms with Crippen LogP contribution in [0.1, 0.15) is 5.69 Å². The fourth-order valence-corrected chi connectivity index (χ4v) is 2.49. The van der Waals surface area contributed by atoms with Crippen molar-refractivity contribution in [1.29, 1.82) is 0 Å². The first kappa shape index (κ1) is 14.4. The van der Waals surface area contributed by atoms with Gasteiger partial charge in [0.25, 0.3) is 11.3 Å². The Morgan fingerprint density at radius 3 is 2.92 bits per heavy atom. The molecule has 0 atom stereocenters. The van der Waals surface area contributed by atoms with Crippen molar-refractivity contribution in [2.24, 2.45) is 0 Å². The van der Waals surface area contributed by atoms with Crippen LogP contribution in [0.3, 0.4) is 0 Å². The van der Waals surface area contributed by atoms with Crippen LogP contribution in [0.2, 0.25) is 5.02 Å². The van der Waals surface area contributed by atoms with E-state index < -0.39 is 0 Å². The van der Waals surface area contributed by atoms with Gasteiger partial charge in [0.15, 0.2) is 0 Å². The van der Waals surface area contributed by atoms with E-state index in [0.717, 1.165) is 5.69 Å². The zero-order valence-corrected chi connectivity index (χ0v) is 13.2. The molecular weight excluding hydrogens is 332 g/mol. The van der Waals surface area contributed by atoms with Crippen LogP contribution < -0.4 is 10.9 Å². The number of nitrogens with zero attached hydrogens (tertiary/aromatic N) is 6. The number of benzene rings is 1. The topological polar surface area (TPSA) is 106 Å². The molecule has 0 radical (unpaired) electrons. The molecule has 0 aliphatic rings. The summed E-state index contributed by atoms with van der Waals surface area (Å²) >= 11 is 6.09. The summed E-state index contributed by atoms with van der Waals surface area (Å²) in [5, 5.41) is 10.6. The quantitative estimate of drug-likeness (QED) is 0.587. The van der Waals surface area contributed by atoms with E-state index in [-0.39, 0.29) is 11.3 Å². The molecule has 0 fully saturated rings. The van der Waals surface area contributed by atoms with Crippen LogP contribution >= 0.6 is 11.6 Å². The first-order chi connectivity index (χ1) is 11.6. The number of rotatable bonds is 3. The van der Waals surface area contributed by atoms with Crippen molar-refractivity contribution in [3.05, 3.63) is 58.0 Å². The Hall–Kier alpha value is -3.20. The summed E-state index contributed by atoms with van der Waals surface area (Å²) in [7, 11) is 0. The molecule has 4 rings (SSSR count). The second-order valence-electron chi connectivity index (χ2n) is 5.07. The highest BCUT2D eigenvalue weighted by atomic mass is 35.5. The van der Waals surface area contributed by atoms with E-state index in [2.05, 4.69) is 30.5 Å². The smallest absolute Gasteiger partial charge is 0.274 e. The van der Waals surface area contributed by atoms with E-state index in [9.17, 15) is 4.79 Å². The number of hydrogen-bond donors (Lipinski definition) is 2. The van der Waals surface area contributed by atoms with E-state index in [4.69, 9.17) is 11.6 Å². The lowest BCUT2D eigenvalue weighted by molar-refractivity contribution is 0.877. The maximum atomic E-state index is 12.0. The maximum Gasteiger partial charge on any atom is 0.274 e. The van der Waals surface area contributed by atoms with Gasteiger partial charge in [-0.05, 0) is 25.1 Å². The maximum absolute atomic E-state index is 12.0. The fraction of sp³-hybridized carbons (Fsp3) is 0.0714. The van der Waals surface area contributed by atoms with Gasteiger partial charge in [0.05, 0.1) is 11.4 Å². The number of halogens is 1. The summed E-state index contributed by atoms with van der Waals surface area (Å²) in [4.78, 5) is 24.4. The van der Waals surface area contributed by atoms with Crippen molar-refractivity contribution >= 4 is 29.0 Å². The Balaban J connectivity index is 1.80. The second kappa shape index (κ2) is 5.46. The van der Waals surface area contributed by atoms with Gasteiger partial charge >= 0.3 is 0 Å². The van der Waals surface area contributed by atoms with E-state index in [1.165, 1.54) is 16.9 Å². The van der Waals surface area contributed by atoms with Crippen LogP contribution in [0.5, 0.6) is 0 Å². The minimum absolute atomic E-state index is 0.236. The normalized spacial score (nSPS) is 11.1. The average molecular weight is 343 g/mol.